The molecule has 0 aromatic rings. The Balaban J connectivity index is 2.11. The Bertz CT molecular complexity index is 179. The average Bonchev–Trinajstić information content (AvgIpc) is 2.47. The molecule has 0 aromatic heterocycles. The van der Waals surface area contributed by atoms with E-state index in [0.29, 0.717) is 0 Å². The molecular formula is C8H13BrN2. The first kappa shape index (κ1) is 7.59. The van der Waals surface area contributed by atoms with E-state index in [1.54, 1.807) is 0 Å². The van der Waals surface area contributed by atoms with E-state index in [0.717, 1.165) is 17.9 Å². The number of fused-ring (bicyclic) bond motifs is 1. The summed E-state index contributed by atoms with van der Waals surface area (Å²) in [7, 11) is 0. The van der Waals surface area contributed by atoms with E-state index in [-0.39, 0.29) is 0 Å². The van der Waals surface area contributed by atoms with E-state index in [2.05, 4.69) is 25.8 Å². The molecule has 2 aliphatic heterocycles. The fourth-order valence-electron chi connectivity index (χ4n) is 1.90. The maximum atomic E-state index is 4.51. The molecule has 0 amide bonds. The van der Waals surface area contributed by atoms with Gasteiger partial charge in [-0.15, -0.1) is 0 Å². The van der Waals surface area contributed by atoms with Crippen LogP contribution in [0, 0.1) is 0 Å². The van der Waals surface area contributed by atoms with Crippen molar-refractivity contribution in [2.45, 2.75) is 25.3 Å². The van der Waals surface area contributed by atoms with Gasteiger partial charge in [-0.3, -0.25) is 4.99 Å². The van der Waals surface area contributed by atoms with Crippen molar-refractivity contribution in [2.24, 2.45) is 4.99 Å². The Morgan fingerprint density at radius 2 is 2.55 bits per heavy atom. The lowest BCUT2D eigenvalue weighted by Crippen LogP contribution is -2.37. The number of hydrogen-bond donors (Lipinski definition) is 0. The molecule has 2 heterocycles. The number of aliphatic imine (C=N–C) groups is 1. The molecule has 11 heavy (non-hydrogen) atoms. The van der Waals surface area contributed by atoms with Gasteiger partial charge in [-0.25, -0.2) is 0 Å². The average molecular weight is 217 g/mol. The van der Waals surface area contributed by atoms with Crippen LogP contribution in [-0.2, 0) is 0 Å². The lowest BCUT2D eigenvalue weighted by molar-refractivity contribution is 0.347. The predicted octanol–water partition coefficient (Wildman–Crippen LogP) is 1.65. The molecule has 3 heteroatoms. The number of rotatable bonds is 1. The normalized spacial score (nSPS) is 30.1. The van der Waals surface area contributed by atoms with Crippen molar-refractivity contribution in [3.8, 4) is 0 Å². The summed E-state index contributed by atoms with van der Waals surface area (Å²) >= 11 is 3.54. The lowest BCUT2D eigenvalue weighted by atomic mass is 10.2. The lowest BCUT2D eigenvalue weighted by Gasteiger charge is -2.28. The van der Waals surface area contributed by atoms with Gasteiger partial charge in [0.05, 0.1) is 5.84 Å². The summed E-state index contributed by atoms with van der Waals surface area (Å²) in [5.74, 6) is 1.36. The second-order valence-electron chi connectivity index (χ2n) is 3.19. The summed E-state index contributed by atoms with van der Waals surface area (Å²) in [6, 6.07) is 0.731. The molecule has 2 rings (SSSR count). The van der Waals surface area contributed by atoms with Gasteiger partial charge < -0.3 is 4.90 Å². The molecule has 62 valence electrons. The largest absolute Gasteiger partial charge is 0.356 e. The van der Waals surface area contributed by atoms with Crippen molar-refractivity contribution >= 4 is 21.8 Å². The Hall–Kier alpha value is -0.0500. The van der Waals surface area contributed by atoms with E-state index < -0.39 is 0 Å². The van der Waals surface area contributed by atoms with Crippen molar-refractivity contribution in [1.29, 1.82) is 0 Å². The van der Waals surface area contributed by atoms with E-state index in [9.17, 15) is 0 Å². The first-order valence-corrected chi connectivity index (χ1v) is 5.40. The molecule has 2 nitrogen and oxygen atoms in total. The standard InChI is InChI=1S/C8H13BrN2/c9-6-7-2-3-8-10-4-1-5-11(7)8/h7H,1-6H2/t7-/m0/s1. The molecular weight excluding hydrogens is 204 g/mol. The van der Waals surface area contributed by atoms with Gasteiger partial charge in [0.1, 0.15) is 0 Å². The zero-order valence-electron chi connectivity index (χ0n) is 6.59. The van der Waals surface area contributed by atoms with Crippen LogP contribution in [0.4, 0.5) is 0 Å². The summed E-state index contributed by atoms with van der Waals surface area (Å²) in [4.78, 5) is 6.98. The highest BCUT2D eigenvalue weighted by Crippen LogP contribution is 2.23. The third kappa shape index (κ3) is 1.31. The highest BCUT2D eigenvalue weighted by Gasteiger charge is 2.29. The fourth-order valence-corrected chi connectivity index (χ4v) is 2.57. The van der Waals surface area contributed by atoms with Crippen LogP contribution in [0.25, 0.3) is 0 Å². The van der Waals surface area contributed by atoms with E-state index in [4.69, 9.17) is 0 Å². The number of nitrogens with zero attached hydrogens (tertiary/aromatic N) is 2. The molecule has 0 aliphatic carbocycles. The Kier molecular flexibility index (Phi) is 2.16. The summed E-state index contributed by atoms with van der Waals surface area (Å²) in [5, 5.41) is 1.10. The Labute approximate surface area is 75.8 Å². The third-order valence-corrected chi connectivity index (χ3v) is 3.25. The maximum Gasteiger partial charge on any atom is 0.0992 e. The Morgan fingerprint density at radius 3 is 3.36 bits per heavy atom. The van der Waals surface area contributed by atoms with E-state index in [1.807, 2.05) is 0 Å². The topological polar surface area (TPSA) is 15.6 Å². The molecule has 0 radical (unpaired) electrons. The van der Waals surface area contributed by atoms with Crippen molar-refractivity contribution < 1.29 is 0 Å². The van der Waals surface area contributed by atoms with Crippen LogP contribution >= 0.6 is 15.9 Å². The van der Waals surface area contributed by atoms with Gasteiger partial charge in [0, 0.05) is 30.9 Å². The van der Waals surface area contributed by atoms with Gasteiger partial charge in [-0.05, 0) is 12.8 Å². The van der Waals surface area contributed by atoms with Crippen LogP contribution in [0.5, 0.6) is 0 Å². The quantitative estimate of drug-likeness (QED) is 0.610. The zero-order valence-corrected chi connectivity index (χ0v) is 8.18. The van der Waals surface area contributed by atoms with Gasteiger partial charge in [-0.2, -0.15) is 0 Å². The first-order chi connectivity index (χ1) is 5.42. The number of hydrogen-bond acceptors (Lipinski definition) is 2. The van der Waals surface area contributed by atoms with Crippen molar-refractivity contribution in [3.63, 3.8) is 0 Å². The molecule has 0 spiro atoms. The monoisotopic (exact) mass is 216 g/mol. The minimum atomic E-state index is 0.731. The van der Waals surface area contributed by atoms with Gasteiger partial charge in [0.2, 0.25) is 0 Å². The number of halogens is 1. The van der Waals surface area contributed by atoms with Crippen LogP contribution in [0.2, 0.25) is 0 Å². The zero-order chi connectivity index (χ0) is 7.68. The van der Waals surface area contributed by atoms with Crippen molar-refractivity contribution in [3.05, 3.63) is 0 Å². The minimum Gasteiger partial charge on any atom is -0.356 e. The van der Waals surface area contributed by atoms with Gasteiger partial charge in [-0.1, -0.05) is 15.9 Å². The summed E-state index contributed by atoms with van der Waals surface area (Å²) < 4.78 is 0. The molecule has 1 atom stereocenters. The molecule has 0 N–H and O–H groups in total. The smallest absolute Gasteiger partial charge is 0.0992 e. The van der Waals surface area contributed by atoms with Crippen LogP contribution < -0.4 is 0 Å². The van der Waals surface area contributed by atoms with Crippen LogP contribution in [0.1, 0.15) is 19.3 Å². The van der Waals surface area contributed by atoms with Crippen LogP contribution in [0.3, 0.4) is 0 Å². The minimum absolute atomic E-state index is 0.731. The Morgan fingerprint density at radius 1 is 1.64 bits per heavy atom. The number of alkyl halides is 1. The molecule has 0 saturated carbocycles. The maximum absolute atomic E-state index is 4.51. The highest BCUT2D eigenvalue weighted by atomic mass is 79.9. The summed E-state index contributed by atoms with van der Waals surface area (Å²) in [6.45, 7) is 2.29. The van der Waals surface area contributed by atoms with E-state index in [1.165, 1.54) is 31.6 Å². The van der Waals surface area contributed by atoms with Crippen molar-refractivity contribution in [1.82, 2.24) is 4.90 Å². The first-order valence-electron chi connectivity index (χ1n) is 4.28. The molecule has 0 unspecified atom stereocenters. The molecule has 1 fully saturated rings. The van der Waals surface area contributed by atoms with Gasteiger partial charge in [0.15, 0.2) is 0 Å². The fraction of sp³-hybridized carbons (Fsp3) is 0.875. The van der Waals surface area contributed by atoms with Crippen LogP contribution in [0.15, 0.2) is 4.99 Å². The predicted molar refractivity (Wildman–Crippen MR) is 50.4 cm³/mol. The summed E-state index contributed by atoms with van der Waals surface area (Å²) in [5.41, 5.74) is 0. The molecule has 2 aliphatic rings. The number of amidine groups is 1. The second-order valence-corrected chi connectivity index (χ2v) is 3.84. The third-order valence-electron chi connectivity index (χ3n) is 2.50. The SMILES string of the molecule is BrC[C@@H]1CCC2=NCCCN21. The van der Waals surface area contributed by atoms with Crippen LogP contribution in [-0.4, -0.2) is 35.2 Å². The highest BCUT2D eigenvalue weighted by molar-refractivity contribution is 9.09. The molecule has 1 saturated heterocycles. The second kappa shape index (κ2) is 3.13. The summed E-state index contributed by atoms with van der Waals surface area (Å²) in [6.07, 6.45) is 3.74. The molecule has 0 bridgehead atoms. The molecule has 0 aromatic carbocycles. The van der Waals surface area contributed by atoms with Gasteiger partial charge in [0.25, 0.3) is 0 Å². The van der Waals surface area contributed by atoms with Crippen molar-refractivity contribution in [2.75, 3.05) is 18.4 Å². The van der Waals surface area contributed by atoms with Gasteiger partial charge >= 0.3 is 0 Å². The van der Waals surface area contributed by atoms with E-state index >= 15 is 0 Å².